The maximum Gasteiger partial charge on any atom is 0.426 e. The number of nitrogens with two attached hydrogens (primary N) is 2. The van der Waals surface area contributed by atoms with Crippen LogP contribution in [0.4, 0.5) is 15.3 Å². The second kappa shape index (κ2) is 30.3. The van der Waals surface area contributed by atoms with Gasteiger partial charge in [-0.1, -0.05) is 63.1 Å². The SMILES string of the molecule is CC(=O)O[C@@H](C)/C=C\C(=O)N[C@@H]1C[C@H](C)[C@H](C/C=C(C)/C=C/[C@@H]2C[C@]3(CO3)C[C@@H](CC(=O)NNC(=O)OCc3ccc(N(C(=O)[C@@H](NC(=O)CCCCCN)C(C)C)[C@@H](CCCNC(N)=O)C(=O)O)cc3)O2)O[C@@H]1C. The van der Waals surface area contributed by atoms with E-state index in [0.29, 0.717) is 44.4 Å². The summed E-state index contributed by atoms with van der Waals surface area (Å²) in [5.41, 5.74) is 16.7. The van der Waals surface area contributed by atoms with Gasteiger partial charge in [0.05, 0.1) is 49.1 Å². The first-order valence-corrected chi connectivity index (χ1v) is 25.9. The smallest absolute Gasteiger partial charge is 0.426 e. The van der Waals surface area contributed by atoms with E-state index in [1.807, 2.05) is 26.0 Å². The lowest BCUT2D eigenvalue weighted by Crippen LogP contribution is -2.56. The molecule has 0 aliphatic carbocycles. The lowest BCUT2D eigenvalue weighted by Gasteiger charge is -2.39. The number of carbonyl (C=O) groups is 8. The minimum absolute atomic E-state index is 0.0499. The number of carbonyl (C=O) groups excluding carboxylic acids is 7. The highest BCUT2D eigenvalue weighted by atomic mass is 16.6. The molecule has 0 unspecified atom stereocenters. The molecule has 22 nitrogen and oxygen atoms in total. The molecule has 4 rings (SSSR count). The van der Waals surface area contributed by atoms with Crippen LogP contribution in [0.2, 0.25) is 0 Å². The summed E-state index contributed by atoms with van der Waals surface area (Å²) in [4.78, 5) is 102. The maximum absolute atomic E-state index is 14.3. The van der Waals surface area contributed by atoms with Crippen LogP contribution in [0, 0.1) is 11.8 Å². The molecular weight excluding hydrogens is 973 g/mol. The number of esters is 1. The second-order valence-electron chi connectivity index (χ2n) is 20.1. The molecule has 0 saturated carbocycles. The summed E-state index contributed by atoms with van der Waals surface area (Å²) in [5, 5.41) is 18.6. The van der Waals surface area contributed by atoms with Crippen LogP contribution in [0.15, 0.2) is 60.2 Å². The number of aliphatic carboxylic acids is 1. The fourth-order valence-corrected chi connectivity index (χ4v) is 9.04. The van der Waals surface area contributed by atoms with E-state index < -0.39 is 66.1 Å². The van der Waals surface area contributed by atoms with E-state index in [4.69, 9.17) is 35.2 Å². The van der Waals surface area contributed by atoms with Crippen molar-refractivity contribution in [2.75, 3.05) is 24.6 Å². The molecule has 3 aliphatic heterocycles. The molecule has 75 heavy (non-hydrogen) atoms. The van der Waals surface area contributed by atoms with E-state index in [0.717, 1.165) is 29.7 Å². The van der Waals surface area contributed by atoms with Gasteiger partial charge in [-0.2, -0.15) is 0 Å². The Balaban J connectivity index is 1.28. The van der Waals surface area contributed by atoms with E-state index in [9.17, 15) is 43.5 Å². The first-order valence-electron chi connectivity index (χ1n) is 25.9. The van der Waals surface area contributed by atoms with Gasteiger partial charge < -0.3 is 56.2 Å². The Morgan fingerprint density at radius 2 is 1.65 bits per heavy atom. The van der Waals surface area contributed by atoms with Gasteiger partial charge in [0, 0.05) is 44.5 Å². The summed E-state index contributed by atoms with van der Waals surface area (Å²) in [6, 6.07) is 2.73. The Labute approximate surface area is 439 Å². The molecular formula is C53H80N8O14. The molecule has 416 valence electrons. The van der Waals surface area contributed by atoms with E-state index in [2.05, 4.69) is 39.8 Å². The summed E-state index contributed by atoms with van der Waals surface area (Å²) in [7, 11) is 0. The number of rotatable bonds is 27. The zero-order valence-electron chi connectivity index (χ0n) is 44.4. The third-order valence-corrected chi connectivity index (χ3v) is 13.2. The minimum Gasteiger partial charge on any atom is -0.480 e. The number of carboxylic acids is 1. The Kier molecular flexibility index (Phi) is 24.7. The normalized spacial score (nSPS) is 23.7. The number of nitrogens with zero attached hydrogens (tertiary/aromatic N) is 1. The third kappa shape index (κ3) is 21.4. The van der Waals surface area contributed by atoms with Crippen molar-refractivity contribution in [1.82, 2.24) is 26.8 Å². The maximum atomic E-state index is 14.3. The van der Waals surface area contributed by atoms with Gasteiger partial charge in [-0.25, -0.2) is 19.8 Å². The topological polar surface area (TPSA) is 322 Å². The molecule has 1 aromatic carbocycles. The lowest BCUT2D eigenvalue weighted by atomic mass is 9.88. The number of ether oxygens (including phenoxy) is 5. The number of primary amides is 1. The van der Waals surface area contributed by atoms with Crippen molar-refractivity contribution in [3.05, 3.63) is 65.8 Å². The number of carboxylic acid groups (broad SMARTS) is 1. The van der Waals surface area contributed by atoms with Crippen LogP contribution in [0.5, 0.6) is 0 Å². The van der Waals surface area contributed by atoms with E-state index >= 15 is 0 Å². The van der Waals surface area contributed by atoms with Crippen molar-refractivity contribution in [3.8, 4) is 0 Å². The van der Waals surface area contributed by atoms with Gasteiger partial charge in [0.2, 0.25) is 17.7 Å². The van der Waals surface area contributed by atoms with Crippen LogP contribution < -0.4 is 43.2 Å². The number of anilines is 1. The first kappa shape index (κ1) is 61.2. The van der Waals surface area contributed by atoms with Crippen LogP contribution in [-0.4, -0.2) is 127 Å². The van der Waals surface area contributed by atoms with Crippen molar-refractivity contribution in [3.63, 3.8) is 0 Å². The first-order chi connectivity index (χ1) is 35.6. The molecule has 3 heterocycles. The molecule has 3 fully saturated rings. The molecule has 10 N–H and O–H groups in total. The zero-order chi connectivity index (χ0) is 55.2. The second-order valence-corrected chi connectivity index (χ2v) is 20.1. The Morgan fingerprint density at radius 1 is 0.933 bits per heavy atom. The predicted octanol–water partition coefficient (Wildman–Crippen LogP) is 4.24. The van der Waals surface area contributed by atoms with E-state index in [-0.39, 0.29) is 92.2 Å². The van der Waals surface area contributed by atoms with Crippen LogP contribution >= 0.6 is 0 Å². The molecule has 0 aromatic heterocycles. The third-order valence-electron chi connectivity index (χ3n) is 13.2. The van der Waals surface area contributed by atoms with Gasteiger partial charge >= 0.3 is 24.1 Å². The number of hydrazine groups is 1. The molecule has 10 atom stereocenters. The Hall–Kier alpha value is -6.36. The minimum atomic E-state index is -1.38. The van der Waals surface area contributed by atoms with Crippen molar-refractivity contribution in [1.29, 1.82) is 0 Å². The van der Waals surface area contributed by atoms with Crippen LogP contribution in [0.25, 0.3) is 0 Å². The molecule has 22 heteroatoms. The molecule has 1 spiro atoms. The van der Waals surface area contributed by atoms with Crippen molar-refractivity contribution >= 4 is 53.4 Å². The molecule has 1 aromatic rings. The van der Waals surface area contributed by atoms with Gasteiger partial charge in [-0.3, -0.25) is 34.3 Å². The van der Waals surface area contributed by atoms with Crippen molar-refractivity contribution < 1.29 is 67.1 Å². The van der Waals surface area contributed by atoms with Crippen molar-refractivity contribution in [2.45, 2.75) is 180 Å². The fourth-order valence-electron chi connectivity index (χ4n) is 9.04. The van der Waals surface area contributed by atoms with E-state index in [1.54, 1.807) is 32.9 Å². The van der Waals surface area contributed by atoms with Crippen LogP contribution in [-0.2, 0) is 59.1 Å². The predicted molar refractivity (Wildman–Crippen MR) is 277 cm³/mol. The average Bonchev–Trinajstić information content (AvgIpc) is 4.09. The highest BCUT2D eigenvalue weighted by molar-refractivity contribution is 6.03. The lowest BCUT2D eigenvalue weighted by molar-refractivity contribution is -0.143. The van der Waals surface area contributed by atoms with Gasteiger partial charge in [0.15, 0.2) is 0 Å². The molecule has 3 saturated heterocycles. The number of benzene rings is 1. The summed E-state index contributed by atoms with van der Waals surface area (Å²) < 4.78 is 28.8. The molecule has 0 radical (unpaired) electrons. The summed E-state index contributed by atoms with van der Waals surface area (Å²) >= 11 is 0. The van der Waals surface area contributed by atoms with Gasteiger partial charge in [0.1, 0.15) is 24.8 Å². The highest BCUT2D eigenvalue weighted by Gasteiger charge is 2.51. The number of hydrogen-bond donors (Lipinski definition) is 8. The molecule has 3 aliphatic rings. The number of allylic oxidation sites excluding steroid dienone is 2. The number of urea groups is 1. The summed E-state index contributed by atoms with van der Waals surface area (Å²) in [5.74, 6) is -3.75. The number of epoxide rings is 1. The van der Waals surface area contributed by atoms with Gasteiger partial charge in [-0.15, -0.1) is 0 Å². The standard InChI is InChI=1S/C53H80N8O14/c1-32(2)48(58-45(63)13-9-8-10-24-54)49(66)61(43(50(67)68)12-11-25-56-51(55)69)39-19-17-38(18-20-39)30-71-52(70)60-59-47(65)27-41-29-53(31-72-53)28-40(75-41)21-14-33(3)15-22-44-34(4)26-42(36(6)74-44)57-46(64)23-16-35(5)73-37(7)62/h14-21,23,32,34-36,40-44,48H,8-13,22,24-31,54H2,1-7H3,(H,57,64)(H,58,63)(H,59,65)(H,60,70)(H,67,68)(H3,55,56,69)/b21-14+,23-16-,33-15+/t34-,35-,36+,40+,41+,42+,43-,44-,48-,53+/m0/s1. The van der Waals surface area contributed by atoms with E-state index in [1.165, 1.54) is 31.2 Å². The number of amides is 7. The number of hydrogen-bond acceptors (Lipinski definition) is 14. The van der Waals surface area contributed by atoms with Gasteiger partial charge in [-0.05, 0) is 101 Å². The van der Waals surface area contributed by atoms with Crippen molar-refractivity contribution in [2.24, 2.45) is 23.3 Å². The zero-order valence-corrected chi connectivity index (χ0v) is 44.4. The Morgan fingerprint density at radius 3 is 2.29 bits per heavy atom. The fraction of sp³-hybridized carbons (Fsp3) is 0.623. The monoisotopic (exact) mass is 1050 g/mol. The largest absolute Gasteiger partial charge is 0.480 e. The number of nitrogens with one attached hydrogen (secondary N) is 5. The quantitative estimate of drug-likeness (QED) is 0.0153. The summed E-state index contributed by atoms with van der Waals surface area (Å²) in [6.07, 6.45) is 11.2. The number of unbranched alkanes of at least 4 members (excludes halogenated alkanes) is 2. The summed E-state index contributed by atoms with van der Waals surface area (Å²) in [6.45, 7) is 13.4. The van der Waals surface area contributed by atoms with Gasteiger partial charge in [0.25, 0.3) is 5.91 Å². The average molecular weight is 1050 g/mol. The molecule has 0 bridgehead atoms. The highest BCUT2D eigenvalue weighted by Crippen LogP contribution is 2.43. The Bertz CT molecular complexity index is 2200. The van der Waals surface area contributed by atoms with Crippen LogP contribution in [0.1, 0.15) is 125 Å². The molecule has 7 amide bonds. The van der Waals surface area contributed by atoms with Crippen LogP contribution in [0.3, 0.4) is 0 Å².